The number of nitrogens with zero attached hydrogens (tertiary/aromatic N) is 4. The van der Waals surface area contributed by atoms with Gasteiger partial charge < -0.3 is 35.6 Å². The molecule has 0 saturated carbocycles. The maximum Gasteiger partial charge on any atom is 0.421 e. The summed E-state index contributed by atoms with van der Waals surface area (Å²) in [7, 11) is 1.41. The predicted molar refractivity (Wildman–Crippen MR) is 153 cm³/mol. The first-order chi connectivity index (χ1) is 20.6. The molecule has 43 heavy (non-hydrogen) atoms. The highest BCUT2D eigenvalue weighted by molar-refractivity contribution is 5.99. The Morgan fingerprint density at radius 1 is 1.14 bits per heavy atom. The van der Waals surface area contributed by atoms with E-state index in [2.05, 4.69) is 42.8 Å². The Morgan fingerprint density at radius 3 is 2.63 bits per heavy atom. The monoisotopic (exact) mass is 598 g/mol. The highest BCUT2D eigenvalue weighted by Gasteiger charge is 2.36. The zero-order chi connectivity index (χ0) is 30.6. The molecule has 15 heteroatoms. The number of likely N-dealkylation sites (tertiary alicyclic amines) is 1. The Hall–Kier alpha value is -4.92. The van der Waals surface area contributed by atoms with Crippen molar-refractivity contribution in [3.8, 4) is 5.88 Å². The number of methoxy groups -OCH3 is 1. The molecule has 2 aromatic heterocycles. The molecule has 2 aliphatic heterocycles. The Morgan fingerprint density at radius 2 is 1.93 bits per heavy atom. The highest BCUT2D eigenvalue weighted by Crippen LogP contribution is 2.36. The van der Waals surface area contributed by atoms with Crippen molar-refractivity contribution >= 4 is 46.5 Å². The molecule has 0 bridgehead atoms. The Kier molecular flexibility index (Phi) is 8.61. The average molecular weight is 599 g/mol. The number of nitrogens with one attached hydrogen (secondary N) is 4. The lowest BCUT2D eigenvalue weighted by atomic mass is 10.1. The molecule has 0 aliphatic carbocycles. The number of aromatic nitrogens is 3. The first-order valence-electron chi connectivity index (χ1n) is 13.3. The molecule has 4 N–H and O–H groups in total. The van der Waals surface area contributed by atoms with Crippen molar-refractivity contribution in [3.05, 3.63) is 60.8 Å². The third-order valence-corrected chi connectivity index (χ3v) is 6.81. The number of carbonyl (C=O) groups is 2. The lowest BCUT2D eigenvalue weighted by molar-refractivity contribution is -0.148. The number of anilines is 6. The van der Waals surface area contributed by atoms with Crippen molar-refractivity contribution in [2.24, 2.45) is 5.92 Å². The van der Waals surface area contributed by atoms with Gasteiger partial charge in [0.05, 0.1) is 26.2 Å². The second-order valence-electron chi connectivity index (χ2n) is 9.88. The first-order valence-corrected chi connectivity index (χ1v) is 13.3. The van der Waals surface area contributed by atoms with Gasteiger partial charge in [0.15, 0.2) is 0 Å². The predicted octanol–water partition coefficient (Wildman–Crippen LogP) is 4.17. The number of alkyl halides is 3. The summed E-state index contributed by atoms with van der Waals surface area (Å²) >= 11 is 0. The van der Waals surface area contributed by atoms with Crippen LogP contribution in [0.2, 0.25) is 0 Å². The smallest absolute Gasteiger partial charge is 0.421 e. The molecule has 2 saturated heterocycles. The average Bonchev–Trinajstić information content (AvgIpc) is 3.41. The molecule has 12 nitrogen and oxygen atoms in total. The third kappa shape index (κ3) is 7.12. The van der Waals surface area contributed by atoms with Crippen molar-refractivity contribution in [1.82, 2.24) is 19.9 Å². The van der Waals surface area contributed by atoms with Gasteiger partial charge in [0.1, 0.15) is 22.9 Å². The number of carbonyl (C=O) groups excluding carboxylic acids is 2. The zero-order valence-corrected chi connectivity index (χ0v) is 23.1. The van der Waals surface area contributed by atoms with Gasteiger partial charge in [-0.25, -0.2) is 4.98 Å². The van der Waals surface area contributed by atoms with Crippen LogP contribution in [0.3, 0.4) is 0 Å². The molecule has 0 spiro atoms. The lowest BCUT2D eigenvalue weighted by Crippen LogP contribution is -2.44. The van der Waals surface area contributed by atoms with Gasteiger partial charge >= 0.3 is 6.18 Å². The standard InChI is InChI=1S/C28H29F3N8O4/c1-3-23(40)34-17-5-4-6-18(11-17)35-24-20(28(29,30)31)12-32-27(38-24)36-21-7-8-22(37-25(21)42-2)33-19-9-10-39(13-19)26(41)16-14-43-15-16/h3-8,11-12,16,19H,1,9-10,13-15H2,2H3,(H,33,37)(H,34,40)(H2,32,35,36,38). The van der Waals surface area contributed by atoms with Gasteiger partial charge in [0.2, 0.25) is 23.6 Å². The van der Waals surface area contributed by atoms with Crippen LogP contribution in [0.5, 0.6) is 5.88 Å². The Labute approximate surface area is 244 Å². The minimum atomic E-state index is -4.74. The number of pyridine rings is 1. The number of hydrogen-bond donors (Lipinski definition) is 4. The molecule has 1 aromatic carbocycles. The number of halogens is 3. The second kappa shape index (κ2) is 12.5. The maximum absolute atomic E-state index is 13.8. The van der Waals surface area contributed by atoms with Gasteiger partial charge in [-0.1, -0.05) is 12.6 Å². The summed E-state index contributed by atoms with van der Waals surface area (Å²) in [6.45, 7) is 5.48. The molecule has 0 radical (unpaired) electrons. The van der Waals surface area contributed by atoms with Crippen LogP contribution in [-0.4, -0.2) is 71.1 Å². The Bertz CT molecular complexity index is 1520. The molecular weight excluding hydrogens is 569 g/mol. The van der Waals surface area contributed by atoms with Crippen LogP contribution in [0.25, 0.3) is 0 Å². The van der Waals surface area contributed by atoms with Crippen molar-refractivity contribution in [2.75, 3.05) is 54.7 Å². The molecule has 2 fully saturated rings. The largest absolute Gasteiger partial charge is 0.479 e. The van der Waals surface area contributed by atoms with Crippen LogP contribution in [-0.2, 0) is 20.5 Å². The van der Waals surface area contributed by atoms with Crippen LogP contribution in [0.15, 0.2) is 55.3 Å². The normalized spacial score (nSPS) is 16.7. The zero-order valence-electron chi connectivity index (χ0n) is 23.1. The minimum absolute atomic E-state index is 0.00330. The van der Waals surface area contributed by atoms with E-state index in [0.29, 0.717) is 49.7 Å². The van der Waals surface area contributed by atoms with Crippen molar-refractivity contribution < 1.29 is 32.2 Å². The van der Waals surface area contributed by atoms with Crippen molar-refractivity contribution in [2.45, 2.75) is 18.6 Å². The van der Waals surface area contributed by atoms with E-state index in [1.165, 1.54) is 19.2 Å². The minimum Gasteiger partial charge on any atom is -0.479 e. The SMILES string of the molecule is C=CC(=O)Nc1cccc(Nc2nc(Nc3ccc(NC4CCN(C(=O)C5COC5)C4)nc3OC)ncc2C(F)(F)F)c1. The summed E-state index contributed by atoms with van der Waals surface area (Å²) in [5.74, 6) is -0.420. The van der Waals surface area contributed by atoms with Gasteiger partial charge in [-0.3, -0.25) is 9.59 Å². The number of amides is 2. The van der Waals surface area contributed by atoms with Crippen LogP contribution in [0.1, 0.15) is 12.0 Å². The summed E-state index contributed by atoms with van der Waals surface area (Å²) in [6, 6.07) is 9.44. The lowest BCUT2D eigenvalue weighted by Gasteiger charge is -2.29. The highest BCUT2D eigenvalue weighted by atomic mass is 19.4. The van der Waals surface area contributed by atoms with Gasteiger partial charge in [-0.2, -0.15) is 23.1 Å². The van der Waals surface area contributed by atoms with Crippen molar-refractivity contribution in [3.63, 3.8) is 0 Å². The molecule has 4 heterocycles. The van der Waals surface area contributed by atoms with Crippen LogP contribution < -0.4 is 26.0 Å². The van der Waals surface area contributed by atoms with Gasteiger partial charge in [0.25, 0.3) is 0 Å². The van der Waals surface area contributed by atoms with E-state index < -0.39 is 23.5 Å². The topological polar surface area (TPSA) is 143 Å². The quantitative estimate of drug-likeness (QED) is 0.251. The van der Waals surface area contributed by atoms with Gasteiger partial charge in [-0.15, -0.1) is 0 Å². The van der Waals surface area contributed by atoms with Crippen LogP contribution >= 0.6 is 0 Å². The van der Waals surface area contributed by atoms with E-state index in [-0.39, 0.29) is 35.4 Å². The fourth-order valence-corrected chi connectivity index (χ4v) is 4.57. The van der Waals surface area contributed by atoms with E-state index in [1.807, 2.05) is 4.90 Å². The van der Waals surface area contributed by atoms with E-state index in [0.717, 1.165) is 12.5 Å². The van der Waals surface area contributed by atoms with Gasteiger partial charge in [0, 0.05) is 36.7 Å². The summed E-state index contributed by atoms with van der Waals surface area (Å²) in [5.41, 5.74) is -0.164. The fourth-order valence-electron chi connectivity index (χ4n) is 4.57. The number of rotatable bonds is 10. The summed E-state index contributed by atoms with van der Waals surface area (Å²) in [6.07, 6.45) is -2.25. The molecule has 226 valence electrons. The third-order valence-electron chi connectivity index (χ3n) is 6.81. The molecule has 1 unspecified atom stereocenters. The van der Waals surface area contributed by atoms with Crippen molar-refractivity contribution in [1.29, 1.82) is 0 Å². The summed E-state index contributed by atoms with van der Waals surface area (Å²) < 4.78 is 51.9. The molecular formula is C28H29F3N8O4. The molecule has 1 atom stereocenters. The van der Waals surface area contributed by atoms with E-state index in [9.17, 15) is 22.8 Å². The van der Waals surface area contributed by atoms with E-state index >= 15 is 0 Å². The van der Waals surface area contributed by atoms with E-state index in [1.54, 1.807) is 24.3 Å². The number of benzene rings is 1. The second-order valence-corrected chi connectivity index (χ2v) is 9.88. The Balaban J connectivity index is 1.30. The van der Waals surface area contributed by atoms with Crippen LogP contribution in [0, 0.1) is 5.92 Å². The molecule has 5 rings (SSSR count). The number of hydrogen-bond acceptors (Lipinski definition) is 10. The molecule has 2 aliphatic rings. The van der Waals surface area contributed by atoms with Crippen LogP contribution in [0.4, 0.5) is 47.8 Å². The first kappa shape index (κ1) is 29.6. The van der Waals surface area contributed by atoms with E-state index in [4.69, 9.17) is 9.47 Å². The molecule has 3 aromatic rings. The molecule has 2 amide bonds. The summed E-state index contributed by atoms with van der Waals surface area (Å²) in [4.78, 5) is 38.3. The number of ether oxygens (including phenoxy) is 2. The summed E-state index contributed by atoms with van der Waals surface area (Å²) in [5, 5.41) is 11.4. The maximum atomic E-state index is 13.8. The fraction of sp³-hybridized carbons (Fsp3) is 0.321. The van der Waals surface area contributed by atoms with Gasteiger partial charge in [-0.05, 0) is 42.8 Å².